The first-order chi connectivity index (χ1) is 12.0. The van der Waals surface area contributed by atoms with Crippen LogP contribution >= 0.6 is 39.1 Å². The number of hydrogen-bond donors (Lipinski definition) is 0. The van der Waals surface area contributed by atoms with E-state index >= 15 is 0 Å². The van der Waals surface area contributed by atoms with Gasteiger partial charge in [0.2, 0.25) is 5.82 Å². The first-order valence-electron chi connectivity index (χ1n) is 7.99. The number of anilines is 2. The molecule has 5 nitrogen and oxygen atoms in total. The molecule has 0 bridgehead atoms. The third kappa shape index (κ3) is 3.58. The molecule has 2 aromatic rings. The molecular formula is C17H18BrCl2N3O2. The van der Waals surface area contributed by atoms with Crippen LogP contribution in [0.1, 0.15) is 24.9 Å². The minimum atomic E-state index is -0.161. The van der Waals surface area contributed by atoms with Gasteiger partial charge in [-0.1, -0.05) is 30.1 Å². The van der Waals surface area contributed by atoms with Crippen LogP contribution in [0, 0.1) is 0 Å². The molecule has 25 heavy (non-hydrogen) atoms. The maximum atomic E-state index is 13.1. The molecule has 0 radical (unpaired) electrons. The summed E-state index contributed by atoms with van der Waals surface area (Å²) >= 11 is 15.9. The van der Waals surface area contributed by atoms with E-state index in [0.717, 1.165) is 24.1 Å². The molecule has 1 aromatic carbocycles. The van der Waals surface area contributed by atoms with Crippen molar-refractivity contribution in [2.75, 3.05) is 25.2 Å². The molecule has 0 fully saturated rings. The number of nitrogens with zero attached hydrogens (tertiary/aromatic N) is 3. The summed E-state index contributed by atoms with van der Waals surface area (Å²) in [7, 11) is 1.63. The Kier molecular flexibility index (Phi) is 5.73. The summed E-state index contributed by atoms with van der Waals surface area (Å²) in [5.41, 5.74) is 1.67. The minimum absolute atomic E-state index is 0.0571. The second-order valence-electron chi connectivity index (χ2n) is 5.91. The third-order valence-corrected chi connectivity index (χ3v) is 5.23. The maximum absolute atomic E-state index is 13.1. The Balaban J connectivity index is 2.12. The van der Waals surface area contributed by atoms with Crippen LogP contribution in [-0.2, 0) is 11.2 Å². The van der Waals surface area contributed by atoms with E-state index in [-0.39, 0.29) is 11.6 Å². The summed E-state index contributed by atoms with van der Waals surface area (Å²) in [5.74, 6) is 0.354. The number of ether oxygens (including phenoxy) is 1. The summed E-state index contributed by atoms with van der Waals surface area (Å²) in [6, 6.07) is 3.52. The van der Waals surface area contributed by atoms with Gasteiger partial charge in [-0.05, 0) is 46.5 Å². The van der Waals surface area contributed by atoms with E-state index in [4.69, 9.17) is 27.9 Å². The normalized spacial score (nSPS) is 14.7. The van der Waals surface area contributed by atoms with Crippen LogP contribution in [0.3, 0.4) is 0 Å². The standard InChI is InChI=1S/C17H18BrCl2N3O2/c1-3-12(9-25-2)23-8-14(18)21-16(17(23)24)22-5-4-10-6-11(19)7-13(20)15(10)22/h6-8,12H,3-5,9H2,1-2H3. The van der Waals surface area contributed by atoms with Crippen LogP contribution in [0.25, 0.3) is 0 Å². The molecule has 1 aliphatic rings. The van der Waals surface area contributed by atoms with Crippen LogP contribution in [0.4, 0.5) is 11.5 Å². The fourth-order valence-corrected chi connectivity index (χ4v) is 4.20. The molecule has 0 saturated carbocycles. The molecule has 3 rings (SSSR count). The van der Waals surface area contributed by atoms with Crippen molar-refractivity contribution in [3.63, 3.8) is 0 Å². The zero-order valence-electron chi connectivity index (χ0n) is 13.9. The predicted molar refractivity (Wildman–Crippen MR) is 105 cm³/mol. The highest BCUT2D eigenvalue weighted by atomic mass is 79.9. The van der Waals surface area contributed by atoms with Crippen LogP contribution in [0.15, 0.2) is 27.7 Å². The Bertz CT molecular complexity index is 857. The summed E-state index contributed by atoms with van der Waals surface area (Å²) < 4.78 is 7.52. The van der Waals surface area contributed by atoms with Crippen LogP contribution in [-0.4, -0.2) is 29.8 Å². The number of rotatable bonds is 5. The van der Waals surface area contributed by atoms with E-state index in [1.807, 2.05) is 17.9 Å². The zero-order chi connectivity index (χ0) is 18.1. The molecule has 2 heterocycles. The molecule has 1 atom stereocenters. The summed E-state index contributed by atoms with van der Waals surface area (Å²) in [5, 5.41) is 1.12. The lowest BCUT2D eigenvalue weighted by molar-refractivity contribution is 0.151. The number of halogens is 3. The first kappa shape index (κ1) is 18.7. The van der Waals surface area contributed by atoms with Gasteiger partial charge < -0.3 is 14.2 Å². The van der Waals surface area contributed by atoms with Gasteiger partial charge in [0.25, 0.3) is 5.56 Å². The van der Waals surface area contributed by atoms with Gasteiger partial charge in [0.05, 0.1) is 23.4 Å². The molecule has 1 aromatic heterocycles. The minimum Gasteiger partial charge on any atom is -0.383 e. The lowest BCUT2D eigenvalue weighted by Crippen LogP contribution is -2.33. The van der Waals surface area contributed by atoms with Gasteiger partial charge in [-0.15, -0.1) is 0 Å². The van der Waals surface area contributed by atoms with Gasteiger partial charge in [0.1, 0.15) is 4.60 Å². The van der Waals surface area contributed by atoms with Crippen LogP contribution < -0.4 is 10.5 Å². The molecule has 0 saturated heterocycles. The molecule has 0 N–H and O–H groups in total. The number of hydrogen-bond acceptors (Lipinski definition) is 4. The fourth-order valence-electron chi connectivity index (χ4n) is 3.17. The van der Waals surface area contributed by atoms with Crippen LogP contribution in [0.5, 0.6) is 0 Å². The SMILES string of the molecule is CCC(COC)n1cc(Br)nc(N2CCc3cc(Cl)cc(Cl)c32)c1=O. The van der Waals surface area contributed by atoms with Crippen molar-refractivity contribution in [1.82, 2.24) is 9.55 Å². The molecule has 1 aliphatic heterocycles. The summed E-state index contributed by atoms with van der Waals surface area (Å²) in [4.78, 5) is 19.4. The highest BCUT2D eigenvalue weighted by Crippen LogP contribution is 2.40. The fraction of sp³-hybridized carbons (Fsp3) is 0.412. The van der Waals surface area contributed by atoms with E-state index in [9.17, 15) is 4.79 Å². The molecule has 0 spiro atoms. The zero-order valence-corrected chi connectivity index (χ0v) is 17.0. The molecule has 1 unspecified atom stereocenters. The van der Waals surface area contributed by atoms with E-state index < -0.39 is 0 Å². The highest BCUT2D eigenvalue weighted by Gasteiger charge is 2.28. The number of aromatic nitrogens is 2. The van der Waals surface area contributed by atoms with Crippen molar-refractivity contribution in [2.24, 2.45) is 0 Å². The van der Waals surface area contributed by atoms with Crippen molar-refractivity contribution in [1.29, 1.82) is 0 Å². The van der Waals surface area contributed by atoms with Crippen molar-refractivity contribution in [3.05, 3.63) is 48.9 Å². The Labute approximate surface area is 164 Å². The molecule has 0 aliphatic carbocycles. The number of methoxy groups -OCH3 is 1. The Morgan fingerprint density at radius 3 is 2.84 bits per heavy atom. The van der Waals surface area contributed by atoms with Crippen molar-refractivity contribution in [3.8, 4) is 0 Å². The highest BCUT2D eigenvalue weighted by molar-refractivity contribution is 9.10. The lowest BCUT2D eigenvalue weighted by atomic mass is 10.2. The number of benzene rings is 1. The molecule has 8 heteroatoms. The average molecular weight is 447 g/mol. The second-order valence-corrected chi connectivity index (χ2v) is 7.57. The summed E-state index contributed by atoms with van der Waals surface area (Å²) in [6.07, 6.45) is 3.24. The van der Waals surface area contributed by atoms with Crippen molar-refractivity contribution < 1.29 is 4.74 Å². The van der Waals surface area contributed by atoms with Gasteiger partial charge in [-0.3, -0.25) is 4.79 Å². The predicted octanol–water partition coefficient (Wildman–Crippen LogP) is 4.60. The van der Waals surface area contributed by atoms with Gasteiger partial charge >= 0.3 is 0 Å². The van der Waals surface area contributed by atoms with E-state index in [1.54, 1.807) is 23.9 Å². The van der Waals surface area contributed by atoms with Crippen molar-refractivity contribution >= 4 is 50.6 Å². The lowest BCUT2D eigenvalue weighted by Gasteiger charge is -2.23. The monoisotopic (exact) mass is 445 g/mol. The topological polar surface area (TPSA) is 47.4 Å². The third-order valence-electron chi connectivity index (χ3n) is 4.35. The number of fused-ring (bicyclic) bond motifs is 1. The smallest absolute Gasteiger partial charge is 0.294 e. The largest absolute Gasteiger partial charge is 0.383 e. The summed E-state index contributed by atoms with van der Waals surface area (Å²) in [6.45, 7) is 3.11. The van der Waals surface area contributed by atoms with Gasteiger partial charge in [-0.2, -0.15) is 0 Å². The quantitative estimate of drug-likeness (QED) is 0.673. The maximum Gasteiger partial charge on any atom is 0.294 e. The van der Waals surface area contributed by atoms with Crippen LogP contribution in [0.2, 0.25) is 10.0 Å². The van der Waals surface area contributed by atoms with E-state index in [2.05, 4.69) is 20.9 Å². The Hall–Kier alpha value is -1.08. The van der Waals surface area contributed by atoms with E-state index in [1.165, 1.54) is 0 Å². The van der Waals surface area contributed by atoms with E-state index in [0.29, 0.717) is 33.6 Å². The molecule has 0 amide bonds. The molecule has 134 valence electrons. The Morgan fingerprint density at radius 1 is 1.40 bits per heavy atom. The first-order valence-corrected chi connectivity index (χ1v) is 9.54. The van der Waals surface area contributed by atoms with Gasteiger partial charge in [-0.25, -0.2) is 4.98 Å². The second kappa shape index (κ2) is 7.66. The average Bonchev–Trinajstić information content (AvgIpc) is 2.98. The molecular weight excluding hydrogens is 429 g/mol. The van der Waals surface area contributed by atoms with Gasteiger partial charge in [0.15, 0.2) is 0 Å². The Morgan fingerprint density at radius 2 is 2.16 bits per heavy atom. The van der Waals surface area contributed by atoms with Crippen molar-refractivity contribution in [2.45, 2.75) is 25.8 Å². The van der Waals surface area contributed by atoms with Gasteiger partial charge in [0, 0.05) is 24.9 Å².